The minimum Gasteiger partial charge on any atom is -0.493 e. The third-order valence-corrected chi connectivity index (χ3v) is 3.17. The lowest BCUT2D eigenvalue weighted by Gasteiger charge is -2.10. The quantitative estimate of drug-likeness (QED) is 0.624. The van der Waals surface area contributed by atoms with Gasteiger partial charge in [0.05, 0.1) is 26.5 Å². The van der Waals surface area contributed by atoms with Gasteiger partial charge >= 0.3 is 0 Å². The topological polar surface area (TPSA) is 84.5 Å². The molecule has 0 aliphatic heterocycles. The fourth-order valence-corrected chi connectivity index (χ4v) is 2.04. The van der Waals surface area contributed by atoms with Gasteiger partial charge < -0.3 is 19.2 Å². The number of ether oxygens (including phenoxy) is 2. The van der Waals surface area contributed by atoms with Crippen molar-refractivity contribution in [3.05, 3.63) is 53.5 Å². The first-order valence-corrected chi connectivity index (χ1v) is 7.41. The van der Waals surface area contributed by atoms with E-state index >= 15 is 0 Å². The van der Waals surface area contributed by atoms with Gasteiger partial charge in [-0.1, -0.05) is 6.07 Å². The first kappa shape index (κ1) is 17.2. The molecule has 1 amide bonds. The lowest BCUT2D eigenvalue weighted by molar-refractivity contribution is -0.117. The zero-order chi connectivity index (χ0) is 17.4. The second kappa shape index (κ2) is 8.44. The summed E-state index contributed by atoms with van der Waals surface area (Å²) in [5.74, 6) is 1.29. The van der Waals surface area contributed by atoms with Gasteiger partial charge in [0.15, 0.2) is 11.5 Å². The molecule has 2 aromatic rings. The fraction of sp³-hybridized carbons (Fsp3) is 0.222. The number of amides is 1. The van der Waals surface area contributed by atoms with Crippen LogP contribution in [0.4, 0.5) is 0 Å². The van der Waals surface area contributed by atoms with E-state index in [0.717, 1.165) is 0 Å². The summed E-state index contributed by atoms with van der Waals surface area (Å²) in [4.78, 5) is 12.1. The van der Waals surface area contributed by atoms with Crippen LogP contribution in [-0.4, -0.2) is 19.6 Å². The minimum atomic E-state index is -0.470. The first-order chi connectivity index (χ1) is 11.7. The van der Waals surface area contributed by atoms with Crippen molar-refractivity contribution >= 4 is 12.0 Å². The number of nitrogens with zero attached hydrogens (tertiary/aromatic N) is 1. The van der Waals surface area contributed by atoms with Crippen LogP contribution in [0.3, 0.4) is 0 Å². The minimum absolute atomic E-state index is 0.00540. The Morgan fingerprint density at radius 3 is 2.83 bits per heavy atom. The van der Waals surface area contributed by atoms with Gasteiger partial charge in [-0.05, 0) is 42.8 Å². The Bertz CT molecular complexity index is 758. The van der Waals surface area contributed by atoms with Crippen LogP contribution in [0.25, 0.3) is 6.08 Å². The third kappa shape index (κ3) is 4.40. The van der Waals surface area contributed by atoms with E-state index in [1.54, 1.807) is 37.4 Å². The molecule has 6 heteroatoms. The first-order valence-electron chi connectivity index (χ1n) is 7.41. The van der Waals surface area contributed by atoms with Gasteiger partial charge in [0.1, 0.15) is 17.4 Å². The van der Waals surface area contributed by atoms with Crippen LogP contribution in [0, 0.1) is 11.3 Å². The number of carbonyl (C=O) groups is 1. The van der Waals surface area contributed by atoms with Gasteiger partial charge in [-0.15, -0.1) is 0 Å². The lowest BCUT2D eigenvalue weighted by Crippen LogP contribution is -2.23. The standard InChI is InChI=1S/C18H18N2O4/c1-3-23-17-10-13(6-7-16(17)22-2)9-14(11-19)18(21)20-12-15-5-4-8-24-15/h4-10H,3,12H2,1-2H3,(H,20,21)/b14-9+. The number of methoxy groups -OCH3 is 1. The van der Waals surface area contributed by atoms with E-state index in [4.69, 9.17) is 13.9 Å². The van der Waals surface area contributed by atoms with Crippen molar-refractivity contribution in [3.8, 4) is 17.6 Å². The number of hydrogen-bond acceptors (Lipinski definition) is 5. The summed E-state index contributed by atoms with van der Waals surface area (Å²) in [6.45, 7) is 2.57. The normalized spacial score (nSPS) is 10.8. The van der Waals surface area contributed by atoms with Gasteiger partial charge in [-0.3, -0.25) is 4.79 Å². The van der Waals surface area contributed by atoms with Crippen molar-refractivity contribution < 1.29 is 18.7 Å². The summed E-state index contributed by atoms with van der Waals surface area (Å²) in [6.07, 6.45) is 3.02. The number of nitrogens with one attached hydrogen (secondary N) is 1. The van der Waals surface area contributed by atoms with Gasteiger partial charge in [0.2, 0.25) is 0 Å². The van der Waals surface area contributed by atoms with Crippen molar-refractivity contribution in [2.75, 3.05) is 13.7 Å². The van der Waals surface area contributed by atoms with E-state index in [2.05, 4.69) is 5.32 Å². The van der Waals surface area contributed by atoms with Crippen LogP contribution in [0.1, 0.15) is 18.2 Å². The summed E-state index contributed by atoms with van der Waals surface area (Å²) in [6, 6.07) is 10.6. The van der Waals surface area contributed by atoms with Gasteiger partial charge in [0, 0.05) is 0 Å². The molecule has 24 heavy (non-hydrogen) atoms. The molecule has 0 radical (unpaired) electrons. The van der Waals surface area contributed by atoms with Gasteiger partial charge in [-0.2, -0.15) is 5.26 Å². The molecule has 1 N–H and O–H groups in total. The molecule has 0 aliphatic carbocycles. The van der Waals surface area contributed by atoms with E-state index in [9.17, 15) is 10.1 Å². The summed E-state index contributed by atoms with van der Waals surface area (Å²) in [7, 11) is 1.55. The summed E-state index contributed by atoms with van der Waals surface area (Å²) >= 11 is 0. The molecule has 0 saturated carbocycles. The molecule has 1 aromatic carbocycles. The predicted molar refractivity (Wildman–Crippen MR) is 88.3 cm³/mol. The predicted octanol–water partition coefficient (Wildman–Crippen LogP) is 2.91. The van der Waals surface area contributed by atoms with Crippen LogP contribution in [0.15, 0.2) is 46.6 Å². The molecule has 0 bridgehead atoms. The van der Waals surface area contributed by atoms with Crippen molar-refractivity contribution in [3.63, 3.8) is 0 Å². The molecule has 1 aromatic heterocycles. The second-order valence-electron chi connectivity index (χ2n) is 4.78. The zero-order valence-corrected chi connectivity index (χ0v) is 13.5. The van der Waals surface area contributed by atoms with Gasteiger partial charge in [0.25, 0.3) is 5.91 Å². The Morgan fingerprint density at radius 2 is 2.21 bits per heavy atom. The molecule has 6 nitrogen and oxygen atoms in total. The molecule has 0 aliphatic rings. The average Bonchev–Trinajstić information content (AvgIpc) is 3.11. The highest BCUT2D eigenvalue weighted by Gasteiger charge is 2.11. The number of nitriles is 1. The van der Waals surface area contributed by atoms with Crippen molar-refractivity contribution in [2.24, 2.45) is 0 Å². The maximum absolute atomic E-state index is 12.1. The Labute approximate surface area is 140 Å². The van der Waals surface area contributed by atoms with Crippen LogP contribution >= 0.6 is 0 Å². The molecule has 0 atom stereocenters. The van der Waals surface area contributed by atoms with E-state index in [1.165, 1.54) is 12.3 Å². The van der Waals surface area contributed by atoms with Crippen molar-refractivity contribution in [1.82, 2.24) is 5.32 Å². The fourth-order valence-electron chi connectivity index (χ4n) is 2.04. The largest absolute Gasteiger partial charge is 0.493 e. The summed E-state index contributed by atoms with van der Waals surface area (Å²) in [5, 5.41) is 11.9. The Hall–Kier alpha value is -3.20. The van der Waals surface area contributed by atoms with Crippen LogP contribution in [0.2, 0.25) is 0 Å². The highest BCUT2D eigenvalue weighted by Crippen LogP contribution is 2.28. The third-order valence-electron chi connectivity index (χ3n) is 3.17. The van der Waals surface area contributed by atoms with E-state index in [0.29, 0.717) is 29.4 Å². The molecular weight excluding hydrogens is 308 g/mol. The lowest BCUT2D eigenvalue weighted by atomic mass is 10.1. The SMILES string of the molecule is CCOc1cc(/C=C(\C#N)C(=O)NCc2ccco2)ccc1OC. The highest BCUT2D eigenvalue weighted by atomic mass is 16.5. The maximum atomic E-state index is 12.1. The van der Waals surface area contributed by atoms with E-state index < -0.39 is 5.91 Å². The highest BCUT2D eigenvalue weighted by molar-refractivity contribution is 6.01. The van der Waals surface area contributed by atoms with Crippen LogP contribution in [-0.2, 0) is 11.3 Å². The van der Waals surface area contributed by atoms with E-state index in [-0.39, 0.29) is 12.1 Å². The van der Waals surface area contributed by atoms with Crippen molar-refractivity contribution in [2.45, 2.75) is 13.5 Å². The molecular formula is C18H18N2O4. The molecule has 0 spiro atoms. The maximum Gasteiger partial charge on any atom is 0.262 e. The Balaban J connectivity index is 2.15. The molecule has 0 unspecified atom stereocenters. The number of furan rings is 1. The zero-order valence-electron chi connectivity index (χ0n) is 13.5. The monoisotopic (exact) mass is 326 g/mol. The van der Waals surface area contributed by atoms with E-state index in [1.807, 2.05) is 13.0 Å². The second-order valence-corrected chi connectivity index (χ2v) is 4.78. The average molecular weight is 326 g/mol. The molecule has 1 heterocycles. The smallest absolute Gasteiger partial charge is 0.262 e. The molecule has 0 fully saturated rings. The Morgan fingerprint density at radius 1 is 1.38 bits per heavy atom. The summed E-state index contributed by atoms with van der Waals surface area (Å²) < 4.78 is 15.8. The van der Waals surface area contributed by atoms with Crippen LogP contribution in [0.5, 0.6) is 11.5 Å². The van der Waals surface area contributed by atoms with Crippen LogP contribution < -0.4 is 14.8 Å². The number of benzene rings is 1. The summed E-state index contributed by atoms with van der Waals surface area (Å²) in [5.41, 5.74) is 0.665. The Kier molecular flexibility index (Phi) is 6.03. The molecule has 0 saturated heterocycles. The number of carbonyl (C=O) groups excluding carboxylic acids is 1. The van der Waals surface area contributed by atoms with Gasteiger partial charge in [-0.25, -0.2) is 0 Å². The molecule has 124 valence electrons. The molecule has 2 rings (SSSR count). The van der Waals surface area contributed by atoms with Crippen molar-refractivity contribution in [1.29, 1.82) is 5.26 Å². The number of rotatable bonds is 7. The number of hydrogen-bond donors (Lipinski definition) is 1.